The van der Waals surface area contributed by atoms with Crippen LogP contribution in [0.1, 0.15) is 10.4 Å². The Kier molecular flexibility index (Phi) is 3.58. The van der Waals surface area contributed by atoms with Crippen LogP contribution in [-0.2, 0) is 0 Å². The lowest BCUT2D eigenvalue weighted by Gasteiger charge is -2.07. The molecule has 1 aromatic heterocycles. The lowest BCUT2D eigenvalue weighted by molar-refractivity contribution is 0.0693. The van der Waals surface area contributed by atoms with Crippen LogP contribution in [-0.4, -0.2) is 23.2 Å². The molecule has 106 valence electrons. The smallest absolute Gasteiger partial charge is 0.336 e. The molecule has 2 aromatic carbocycles. The van der Waals surface area contributed by atoms with Gasteiger partial charge >= 0.3 is 5.97 Å². The van der Waals surface area contributed by atoms with Crippen LogP contribution in [0.5, 0.6) is 5.75 Å². The number of para-hydroxylation sites is 1. The zero-order valence-electron chi connectivity index (χ0n) is 11.3. The van der Waals surface area contributed by atoms with Gasteiger partial charge in [-0.2, -0.15) is 0 Å². The number of carbonyl (C=O) groups is 1. The number of ether oxygens (including phenoxy) is 1. The summed E-state index contributed by atoms with van der Waals surface area (Å²) in [5.41, 5.74) is 1.29. The number of aromatic carboxylic acids is 1. The molecule has 0 atom stereocenters. The largest absolute Gasteiger partial charge is 0.497 e. The van der Waals surface area contributed by atoms with Crippen LogP contribution in [0, 0.1) is 0 Å². The molecule has 1 heterocycles. The van der Waals surface area contributed by atoms with Gasteiger partial charge in [-0.15, -0.1) is 0 Å². The van der Waals surface area contributed by atoms with Gasteiger partial charge < -0.3 is 14.8 Å². The molecule has 0 unspecified atom stereocenters. The van der Waals surface area contributed by atoms with Gasteiger partial charge in [0.25, 0.3) is 0 Å². The minimum Gasteiger partial charge on any atom is -0.497 e. The van der Waals surface area contributed by atoms with Gasteiger partial charge in [0.15, 0.2) is 0 Å². The first-order chi connectivity index (χ1) is 10.2. The highest BCUT2D eigenvalue weighted by molar-refractivity contribution is 7.99. The molecule has 5 heteroatoms. The van der Waals surface area contributed by atoms with Crippen molar-refractivity contribution in [1.82, 2.24) is 4.98 Å². The molecule has 0 aliphatic heterocycles. The number of hydrogen-bond donors (Lipinski definition) is 2. The zero-order chi connectivity index (χ0) is 14.8. The second-order valence-electron chi connectivity index (χ2n) is 4.49. The van der Waals surface area contributed by atoms with E-state index in [0.29, 0.717) is 10.6 Å². The molecule has 3 aromatic rings. The van der Waals surface area contributed by atoms with Crippen LogP contribution in [0.4, 0.5) is 0 Å². The lowest BCUT2D eigenvalue weighted by atomic mass is 10.2. The monoisotopic (exact) mass is 299 g/mol. The molecule has 0 amide bonds. The molecule has 0 fully saturated rings. The Morgan fingerprint density at radius 2 is 2.00 bits per heavy atom. The first-order valence-corrected chi connectivity index (χ1v) is 7.16. The van der Waals surface area contributed by atoms with Crippen molar-refractivity contribution in [1.29, 1.82) is 0 Å². The number of hydrogen-bond acceptors (Lipinski definition) is 3. The van der Waals surface area contributed by atoms with Crippen molar-refractivity contribution in [2.45, 2.75) is 9.92 Å². The minimum atomic E-state index is -0.948. The highest BCUT2D eigenvalue weighted by Gasteiger charge is 2.13. The van der Waals surface area contributed by atoms with Crippen LogP contribution in [0.25, 0.3) is 10.9 Å². The van der Waals surface area contributed by atoms with E-state index in [0.717, 1.165) is 15.9 Å². The van der Waals surface area contributed by atoms with Crippen LogP contribution in [0.2, 0.25) is 0 Å². The maximum atomic E-state index is 11.3. The van der Waals surface area contributed by atoms with Crippen LogP contribution in [0.3, 0.4) is 0 Å². The molecule has 2 N–H and O–H groups in total. The molecule has 0 radical (unpaired) electrons. The van der Waals surface area contributed by atoms with Crippen molar-refractivity contribution in [3.05, 3.63) is 54.1 Å². The predicted octanol–water partition coefficient (Wildman–Crippen LogP) is 4.03. The highest BCUT2D eigenvalue weighted by Crippen LogP contribution is 2.34. The maximum absolute atomic E-state index is 11.3. The van der Waals surface area contributed by atoms with E-state index < -0.39 is 5.97 Å². The Morgan fingerprint density at radius 1 is 1.19 bits per heavy atom. The predicted molar refractivity (Wildman–Crippen MR) is 82.4 cm³/mol. The summed E-state index contributed by atoms with van der Waals surface area (Å²) in [5, 5.41) is 11.3. The number of methoxy groups -OCH3 is 1. The molecular formula is C16H13NO3S. The fourth-order valence-electron chi connectivity index (χ4n) is 2.11. The summed E-state index contributed by atoms with van der Waals surface area (Å²) in [6, 6.07) is 14.9. The third-order valence-electron chi connectivity index (χ3n) is 3.14. The number of aromatic amines is 1. The number of benzene rings is 2. The third-order valence-corrected chi connectivity index (χ3v) is 4.14. The van der Waals surface area contributed by atoms with Gasteiger partial charge in [-0.25, -0.2) is 4.79 Å². The molecule has 21 heavy (non-hydrogen) atoms. The second-order valence-corrected chi connectivity index (χ2v) is 5.57. The van der Waals surface area contributed by atoms with Gasteiger partial charge in [-0.1, -0.05) is 30.0 Å². The Labute approximate surface area is 125 Å². The van der Waals surface area contributed by atoms with Gasteiger partial charge in [0.05, 0.1) is 17.7 Å². The molecular weight excluding hydrogens is 286 g/mol. The Bertz CT molecular complexity index is 777. The van der Waals surface area contributed by atoms with Crippen molar-refractivity contribution in [3.8, 4) is 5.75 Å². The topological polar surface area (TPSA) is 62.3 Å². The number of rotatable bonds is 4. The van der Waals surface area contributed by atoms with E-state index in [1.54, 1.807) is 25.3 Å². The van der Waals surface area contributed by atoms with Gasteiger partial charge in [0, 0.05) is 15.8 Å². The SMILES string of the molecule is COc1ccc(C(=O)O)c(Sc2cc3ccccc3[nH]2)c1. The number of aromatic nitrogens is 1. The molecule has 3 rings (SSSR count). The molecule has 0 spiro atoms. The van der Waals surface area contributed by atoms with E-state index in [2.05, 4.69) is 4.98 Å². The standard InChI is InChI=1S/C16H13NO3S/c1-20-11-6-7-12(16(18)19)14(9-11)21-15-8-10-4-2-3-5-13(10)17-15/h2-9,17H,1H3,(H,18,19). The van der Waals surface area contributed by atoms with Gasteiger partial charge in [0.1, 0.15) is 5.75 Å². The zero-order valence-corrected chi connectivity index (χ0v) is 12.1. The Morgan fingerprint density at radius 3 is 2.71 bits per heavy atom. The van der Waals surface area contributed by atoms with Crippen molar-refractivity contribution in [3.63, 3.8) is 0 Å². The number of carboxylic acid groups (broad SMARTS) is 1. The molecule has 0 bridgehead atoms. The quantitative estimate of drug-likeness (QED) is 0.763. The summed E-state index contributed by atoms with van der Waals surface area (Å²) in [6.07, 6.45) is 0. The van der Waals surface area contributed by atoms with Gasteiger partial charge in [-0.05, 0) is 30.3 Å². The van der Waals surface area contributed by atoms with E-state index in [4.69, 9.17) is 4.74 Å². The first-order valence-electron chi connectivity index (χ1n) is 6.34. The van der Waals surface area contributed by atoms with Crippen LogP contribution >= 0.6 is 11.8 Å². The number of carboxylic acids is 1. The molecule has 0 saturated heterocycles. The maximum Gasteiger partial charge on any atom is 0.336 e. The van der Waals surface area contributed by atoms with Gasteiger partial charge in [0.2, 0.25) is 0 Å². The average Bonchev–Trinajstić information content (AvgIpc) is 2.89. The van der Waals surface area contributed by atoms with E-state index in [9.17, 15) is 9.90 Å². The fraction of sp³-hybridized carbons (Fsp3) is 0.0625. The summed E-state index contributed by atoms with van der Waals surface area (Å²) in [4.78, 5) is 15.2. The molecule has 4 nitrogen and oxygen atoms in total. The summed E-state index contributed by atoms with van der Waals surface area (Å²) < 4.78 is 5.17. The van der Waals surface area contributed by atoms with E-state index >= 15 is 0 Å². The second kappa shape index (κ2) is 5.54. The molecule has 0 aliphatic rings. The Hall–Kier alpha value is -2.40. The fourth-order valence-corrected chi connectivity index (χ4v) is 3.14. The van der Waals surface area contributed by atoms with E-state index in [1.807, 2.05) is 30.3 Å². The minimum absolute atomic E-state index is 0.263. The molecule has 0 saturated carbocycles. The average molecular weight is 299 g/mol. The third kappa shape index (κ3) is 2.73. The summed E-state index contributed by atoms with van der Waals surface area (Å²) in [7, 11) is 1.56. The summed E-state index contributed by atoms with van der Waals surface area (Å²) >= 11 is 1.38. The number of fused-ring (bicyclic) bond motifs is 1. The van der Waals surface area contributed by atoms with E-state index in [1.165, 1.54) is 11.8 Å². The van der Waals surface area contributed by atoms with Crippen LogP contribution < -0.4 is 4.74 Å². The van der Waals surface area contributed by atoms with Crippen molar-refractivity contribution in [2.24, 2.45) is 0 Å². The first kappa shape index (κ1) is 13.6. The normalized spacial score (nSPS) is 10.7. The van der Waals surface area contributed by atoms with Crippen molar-refractivity contribution >= 4 is 28.6 Å². The lowest BCUT2D eigenvalue weighted by Crippen LogP contribution is -1.99. The number of H-pyrrole nitrogens is 1. The summed E-state index contributed by atoms with van der Waals surface area (Å²) in [5.74, 6) is -0.310. The van der Waals surface area contributed by atoms with Crippen molar-refractivity contribution < 1.29 is 14.6 Å². The number of nitrogens with one attached hydrogen (secondary N) is 1. The highest BCUT2D eigenvalue weighted by atomic mass is 32.2. The molecule has 0 aliphatic carbocycles. The Balaban J connectivity index is 2.01. The van der Waals surface area contributed by atoms with Crippen LogP contribution in [0.15, 0.2) is 58.5 Å². The van der Waals surface area contributed by atoms with Gasteiger partial charge in [-0.3, -0.25) is 0 Å². The van der Waals surface area contributed by atoms with Crippen molar-refractivity contribution in [2.75, 3.05) is 7.11 Å². The van der Waals surface area contributed by atoms with E-state index in [-0.39, 0.29) is 5.56 Å². The summed E-state index contributed by atoms with van der Waals surface area (Å²) in [6.45, 7) is 0.